The summed E-state index contributed by atoms with van der Waals surface area (Å²) in [6.07, 6.45) is 0. The predicted molar refractivity (Wildman–Crippen MR) is 89.1 cm³/mol. The molecule has 0 radical (unpaired) electrons. The van der Waals surface area contributed by atoms with E-state index in [0.29, 0.717) is 0 Å². The number of benzene rings is 1. The number of rotatable bonds is 4. The van der Waals surface area contributed by atoms with Gasteiger partial charge in [-0.05, 0) is 29.7 Å². The van der Waals surface area contributed by atoms with Gasteiger partial charge >= 0.3 is 0 Å². The van der Waals surface area contributed by atoms with E-state index >= 15 is 0 Å². The number of nitrogens with zero attached hydrogens (tertiary/aromatic N) is 2. The first kappa shape index (κ1) is 16.1. The van der Waals surface area contributed by atoms with Gasteiger partial charge in [0.25, 0.3) is 0 Å². The summed E-state index contributed by atoms with van der Waals surface area (Å²) in [5.41, 5.74) is 7.74. The Bertz CT molecular complexity index is 430. The Labute approximate surface area is 128 Å². The van der Waals surface area contributed by atoms with Crippen molar-refractivity contribution in [1.82, 2.24) is 4.90 Å². The second-order valence-corrected chi connectivity index (χ2v) is 6.96. The van der Waals surface area contributed by atoms with Gasteiger partial charge in [0.15, 0.2) is 0 Å². The molecule has 21 heavy (non-hydrogen) atoms. The van der Waals surface area contributed by atoms with Crippen LogP contribution in [0.4, 0.5) is 5.69 Å². The average Bonchev–Trinajstić information content (AvgIpc) is 2.47. The number of methoxy groups -OCH3 is 1. The maximum absolute atomic E-state index is 6.29. The molecule has 4 heteroatoms. The number of ether oxygens (including phenoxy) is 1. The summed E-state index contributed by atoms with van der Waals surface area (Å²) < 4.78 is 5.21. The van der Waals surface area contributed by atoms with E-state index in [1.165, 1.54) is 5.69 Å². The van der Waals surface area contributed by atoms with E-state index in [4.69, 9.17) is 10.5 Å². The Kier molecular flexibility index (Phi) is 5.12. The topological polar surface area (TPSA) is 41.7 Å². The molecule has 0 saturated carbocycles. The van der Waals surface area contributed by atoms with Crippen molar-refractivity contribution in [2.45, 2.75) is 26.8 Å². The van der Waals surface area contributed by atoms with Gasteiger partial charge in [0, 0.05) is 44.5 Å². The van der Waals surface area contributed by atoms with E-state index < -0.39 is 0 Å². The van der Waals surface area contributed by atoms with Crippen LogP contribution in [-0.4, -0.2) is 50.8 Å². The third-order valence-electron chi connectivity index (χ3n) is 4.38. The van der Waals surface area contributed by atoms with Crippen LogP contribution in [0.3, 0.4) is 0 Å². The highest BCUT2D eigenvalue weighted by molar-refractivity contribution is 5.49. The molecule has 1 atom stereocenters. The van der Waals surface area contributed by atoms with Gasteiger partial charge < -0.3 is 15.4 Å². The van der Waals surface area contributed by atoms with Gasteiger partial charge in [0.1, 0.15) is 5.75 Å². The molecular weight excluding hydrogens is 262 g/mol. The molecule has 1 aromatic rings. The standard InChI is InChI=1S/C17H29N3O/c1-17(2,3)16(18)13-19-9-11-20(12-10-19)14-5-7-15(21-4)8-6-14/h5-8,16H,9-13,18H2,1-4H3. The lowest BCUT2D eigenvalue weighted by atomic mass is 9.87. The zero-order valence-corrected chi connectivity index (χ0v) is 13.8. The minimum absolute atomic E-state index is 0.174. The molecule has 2 rings (SSSR count). The molecule has 2 N–H and O–H groups in total. The fourth-order valence-electron chi connectivity index (χ4n) is 2.53. The largest absolute Gasteiger partial charge is 0.497 e. The van der Waals surface area contributed by atoms with E-state index in [1.807, 2.05) is 12.1 Å². The summed E-state index contributed by atoms with van der Waals surface area (Å²) in [5, 5.41) is 0. The molecule has 1 fully saturated rings. The maximum atomic E-state index is 6.29. The normalized spacial score (nSPS) is 18.6. The molecule has 1 aliphatic heterocycles. The minimum atomic E-state index is 0.174. The molecule has 0 amide bonds. The van der Waals surface area contributed by atoms with Crippen molar-refractivity contribution in [2.75, 3.05) is 44.7 Å². The maximum Gasteiger partial charge on any atom is 0.119 e. The highest BCUT2D eigenvalue weighted by Gasteiger charge is 2.25. The Morgan fingerprint density at radius 2 is 1.67 bits per heavy atom. The summed E-state index contributed by atoms with van der Waals surface area (Å²) in [4.78, 5) is 4.91. The summed E-state index contributed by atoms with van der Waals surface area (Å²) in [6.45, 7) is 11.9. The van der Waals surface area contributed by atoms with Crippen LogP contribution in [0, 0.1) is 5.41 Å². The molecular formula is C17H29N3O. The average molecular weight is 291 g/mol. The van der Waals surface area contributed by atoms with Gasteiger partial charge in [0.05, 0.1) is 7.11 Å². The number of piperazine rings is 1. The van der Waals surface area contributed by atoms with Crippen molar-refractivity contribution in [2.24, 2.45) is 11.1 Å². The molecule has 0 aromatic heterocycles. The van der Waals surface area contributed by atoms with Crippen LogP contribution < -0.4 is 15.4 Å². The Morgan fingerprint density at radius 3 is 2.14 bits per heavy atom. The quantitative estimate of drug-likeness (QED) is 0.923. The van der Waals surface area contributed by atoms with Gasteiger partial charge in [-0.2, -0.15) is 0 Å². The lowest BCUT2D eigenvalue weighted by Crippen LogP contribution is -2.52. The molecule has 1 heterocycles. The van der Waals surface area contributed by atoms with Crippen LogP contribution in [0.1, 0.15) is 20.8 Å². The zero-order chi connectivity index (χ0) is 15.5. The van der Waals surface area contributed by atoms with Crippen LogP contribution in [-0.2, 0) is 0 Å². The fraction of sp³-hybridized carbons (Fsp3) is 0.647. The lowest BCUT2D eigenvalue weighted by molar-refractivity contribution is 0.191. The number of anilines is 1. The first-order valence-electron chi connectivity index (χ1n) is 7.77. The van der Waals surface area contributed by atoms with Crippen molar-refractivity contribution in [1.29, 1.82) is 0 Å². The first-order valence-corrected chi connectivity index (χ1v) is 7.77. The van der Waals surface area contributed by atoms with Crippen LogP contribution >= 0.6 is 0 Å². The Hall–Kier alpha value is -1.26. The summed E-state index contributed by atoms with van der Waals surface area (Å²) in [7, 11) is 1.70. The highest BCUT2D eigenvalue weighted by atomic mass is 16.5. The SMILES string of the molecule is COc1ccc(N2CCN(CC(N)C(C)(C)C)CC2)cc1. The van der Waals surface area contributed by atoms with Crippen molar-refractivity contribution in [3.05, 3.63) is 24.3 Å². The molecule has 1 unspecified atom stereocenters. The van der Waals surface area contributed by atoms with E-state index in [-0.39, 0.29) is 11.5 Å². The van der Waals surface area contributed by atoms with Crippen LogP contribution in [0.25, 0.3) is 0 Å². The molecule has 0 aliphatic carbocycles. The number of hydrogen-bond acceptors (Lipinski definition) is 4. The second-order valence-electron chi connectivity index (χ2n) is 6.96. The van der Waals surface area contributed by atoms with Crippen LogP contribution in [0.15, 0.2) is 24.3 Å². The summed E-state index contributed by atoms with van der Waals surface area (Å²) in [5.74, 6) is 0.911. The third kappa shape index (κ3) is 4.35. The van der Waals surface area contributed by atoms with Crippen molar-refractivity contribution < 1.29 is 4.74 Å². The Morgan fingerprint density at radius 1 is 1.10 bits per heavy atom. The number of hydrogen-bond donors (Lipinski definition) is 1. The highest BCUT2D eigenvalue weighted by Crippen LogP contribution is 2.22. The molecule has 0 bridgehead atoms. The molecule has 118 valence electrons. The van der Waals surface area contributed by atoms with Crippen molar-refractivity contribution in [3.8, 4) is 5.75 Å². The molecule has 1 aliphatic rings. The molecule has 4 nitrogen and oxygen atoms in total. The smallest absolute Gasteiger partial charge is 0.119 e. The van der Waals surface area contributed by atoms with Gasteiger partial charge in [-0.1, -0.05) is 20.8 Å². The van der Waals surface area contributed by atoms with Gasteiger partial charge in [-0.15, -0.1) is 0 Å². The summed E-state index contributed by atoms with van der Waals surface area (Å²) in [6, 6.07) is 8.55. The minimum Gasteiger partial charge on any atom is -0.497 e. The van der Waals surface area contributed by atoms with Gasteiger partial charge in [0.2, 0.25) is 0 Å². The third-order valence-corrected chi connectivity index (χ3v) is 4.38. The fourth-order valence-corrected chi connectivity index (χ4v) is 2.53. The second kappa shape index (κ2) is 6.67. The predicted octanol–water partition coefficient (Wildman–Crippen LogP) is 2.19. The molecule has 1 aromatic carbocycles. The molecule has 1 saturated heterocycles. The number of nitrogens with two attached hydrogens (primary N) is 1. The van der Waals surface area contributed by atoms with Crippen molar-refractivity contribution >= 4 is 5.69 Å². The molecule has 0 spiro atoms. The van der Waals surface area contributed by atoms with E-state index in [1.54, 1.807) is 7.11 Å². The van der Waals surface area contributed by atoms with Gasteiger partial charge in [-0.25, -0.2) is 0 Å². The van der Waals surface area contributed by atoms with E-state index in [0.717, 1.165) is 38.5 Å². The Balaban J connectivity index is 1.85. The van der Waals surface area contributed by atoms with Gasteiger partial charge in [-0.3, -0.25) is 4.90 Å². The lowest BCUT2D eigenvalue weighted by Gasteiger charge is -2.39. The van der Waals surface area contributed by atoms with Crippen molar-refractivity contribution in [3.63, 3.8) is 0 Å². The van der Waals surface area contributed by atoms with Crippen LogP contribution in [0.5, 0.6) is 5.75 Å². The first-order chi connectivity index (χ1) is 9.90. The zero-order valence-electron chi connectivity index (χ0n) is 13.8. The van der Waals surface area contributed by atoms with E-state index in [9.17, 15) is 0 Å². The monoisotopic (exact) mass is 291 g/mol. The van der Waals surface area contributed by atoms with Crippen LogP contribution in [0.2, 0.25) is 0 Å². The summed E-state index contributed by atoms with van der Waals surface area (Å²) >= 11 is 0. The van der Waals surface area contributed by atoms with E-state index in [2.05, 4.69) is 42.7 Å².